The topological polar surface area (TPSA) is 50.4 Å². The van der Waals surface area contributed by atoms with Gasteiger partial charge in [-0.05, 0) is 101 Å². The first kappa shape index (κ1) is 27.0. The van der Waals surface area contributed by atoms with Crippen molar-refractivity contribution in [3.63, 3.8) is 0 Å². The summed E-state index contributed by atoms with van der Waals surface area (Å²) < 4.78 is 5.26. The number of halogens is 1. The van der Waals surface area contributed by atoms with Crippen molar-refractivity contribution in [1.82, 2.24) is 19.2 Å². The van der Waals surface area contributed by atoms with Crippen LogP contribution in [0.15, 0.2) is 58.7 Å². The van der Waals surface area contributed by atoms with E-state index in [0.29, 0.717) is 0 Å². The lowest BCUT2D eigenvalue weighted by Gasteiger charge is -2.14. The van der Waals surface area contributed by atoms with E-state index in [4.69, 9.17) is 10.1 Å². The standard InChI is InChI=1S/C25H33BrN6.C3H6/c1-6-9-24(32-16-20(17(2)29-32)15-31-12-7-8-13-31)28-19(4)27-21-10-11-23-22(14-21)25(26)18(3)30(23)5;1-3-2/h6,9-11,14,16,19,27H,7-8,12-13,15H2,1-5H3;3H,1H2,2H3/b9-6-,28-24+;. The zero-order valence-electron chi connectivity index (χ0n) is 22.0. The van der Waals surface area contributed by atoms with E-state index >= 15 is 0 Å². The number of aromatic nitrogens is 3. The average molecular weight is 540 g/mol. The lowest BCUT2D eigenvalue weighted by molar-refractivity contribution is 0.331. The highest BCUT2D eigenvalue weighted by molar-refractivity contribution is 9.10. The molecule has 4 rings (SSSR count). The molecule has 0 bridgehead atoms. The molecule has 1 aliphatic heterocycles. The van der Waals surface area contributed by atoms with Crippen LogP contribution in [0.5, 0.6) is 0 Å². The lowest BCUT2D eigenvalue weighted by Crippen LogP contribution is -2.19. The molecule has 1 N–H and O–H groups in total. The van der Waals surface area contributed by atoms with E-state index in [9.17, 15) is 0 Å². The van der Waals surface area contributed by atoms with Gasteiger partial charge in [0.25, 0.3) is 0 Å². The zero-order chi connectivity index (χ0) is 25.5. The maximum Gasteiger partial charge on any atom is 0.150 e. The number of nitrogens with zero attached hydrogens (tertiary/aromatic N) is 5. The van der Waals surface area contributed by atoms with Gasteiger partial charge in [0.15, 0.2) is 0 Å². The summed E-state index contributed by atoms with van der Waals surface area (Å²) in [6, 6.07) is 6.45. The van der Waals surface area contributed by atoms with Crippen molar-refractivity contribution in [2.24, 2.45) is 12.0 Å². The predicted octanol–water partition coefficient (Wildman–Crippen LogP) is 6.82. The summed E-state index contributed by atoms with van der Waals surface area (Å²) >= 11 is 3.73. The molecule has 35 heavy (non-hydrogen) atoms. The highest BCUT2D eigenvalue weighted by Crippen LogP contribution is 2.32. The molecule has 1 atom stereocenters. The fraction of sp³-hybridized carbons (Fsp3) is 0.429. The minimum absolute atomic E-state index is 0.103. The molecule has 1 unspecified atom stereocenters. The van der Waals surface area contributed by atoms with E-state index in [1.807, 2.05) is 30.7 Å². The Morgan fingerprint density at radius 3 is 2.60 bits per heavy atom. The number of hydrogen-bond donors (Lipinski definition) is 1. The van der Waals surface area contributed by atoms with Crippen LogP contribution >= 0.6 is 15.9 Å². The molecule has 0 saturated carbocycles. The number of benzene rings is 1. The Morgan fingerprint density at radius 2 is 1.94 bits per heavy atom. The Morgan fingerprint density at radius 1 is 1.26 bits per heavy atom. The van der Waals surface area contributed by atoms with Crippen molar-refractivity contribution in [3.05, 3.63) is 70.6 Å². The van der Waals surface area contributed by atoms with Crippen LogP contribution in [0.2, 0.25) is 0 Å². The van der Waals surface area contributed by atoms with Gasteiger partial charge in [0.1, 0.15) is 12.0 Å². The van der Waals surface area contributed by atoms with Crippen molar-refractivity contribution in [3.8, 4) is 0 Å². The maximum absolute atomic E-state index is 4.93. The molecule has 0 spiro atoms. The molecule has 1 saturated heterocycles. The van der Waals surface area contributed by atoms with Gasteiger partial charge in [-0.2, -0.15) is 5.10 Å². The second-order valence-corrected chi connectivity index (χ2v) is 9.87. The van der Waals surface area contributed by atoms with Crippen molar-refractivity contribution >= 4 is 38.4 Å². The molecule has 3 aromatic rings. The Hall–Kier alpha value is -2.64. The van der Waals surface area contributed by atoms with Gasteiger partial charge in [-0.25, -0.2) is 9.67 Å². The molecular formula is C28H39BrN6. The Kier molecular flexibility index (Phi) is 9.52. The number of hydrogen-bond acceptors (Lipinski definition) is 4. The summed E-state index contributed by atoms with van der Waals surface area (Å²) in [5, 5.41) is 9.50. The number of likely N-dealkylation sites (tertiary alicyclic amines) is 1. The maximum atomic E-state index is 4.93. The van der Waals surface area contributed by atoms with E-state index in [2.05, 4.69) is 89.5 Å². The molecule has 2 aromatic heterocycles. The first-order valence-electron chi connectivity index (χ1n) is 12.4. The Bertz CT molecular complexity index is 1210. The van der Waals surface area contributed by atoms with Crippen LogP contribution in [0.25, 0.3) is 10.9 Å². The van der Waals surface area contributed by atoms with E-state index in [-0.39, 0.29) is 6.17 Å². The lowest BCUT2D eigenvalue weighted by atomic mass is 10.2. The number of nitrogens with one attached hydrogen (secondary N) is 1. The van der Waals surface area contributed by atoms with Gasteiger partial charge in [-0.15, -0.1) is 6.58 Å². The van der Waals surface area contributed by atoms with E-state index in [0.717, 1.165) is 28.2 Å². The van der Waals surface area contributed by atoms with E-state index in [1.54, 1.807) is 6.08 Å². The fourth-order valence-corrected chi connectivity index (χ4v) is 4.95. The summed E-state index contributed by atoms with van der Waals surface area (Å²) in [5.74, 6) is 0.834. The molecule has 0 aliphatic carbocycles. The highest BCUT2D eigenvalue weighted by atomic mass is 79.9. The predicted molar refractivity (Wildman–Crippen MR) is 153 cm³/mol. The van der Waals surface area contributed by atoms with Crippen LogP contribution in [0.1, 0.15) is 50.6 Å². The molecule has 188 valence electrons. The van der Waals surface area contributed by atoms with Crippen LogP contribution in [-0.4, -0.2) is 44.3 Å². The molecule has 3 heterocycles. The molecule has 1 fully saturated rings. The number of fused-ring (bicyclic) bond motifs is 1. The Balaban J connectivity index is 0.00000108. The second kappa shape index (κ2) is 12.4. The summed E-state index contributed by atoms with van der Waals surface area (Å²) in [7, 11) is 2.09. The first-order valence-corrected chi connectivity index (χ1v) is 13.1. The third-order valence-corrected chi connectivity index (χ3v) is 7.26. The minimum atomic E-state index is -0.103. The number of allylic oxidation sites excluding steroid dienone is 3. The summed E-state index contributed by atoms with van der Waals surface area (Å²) in [6.45, 7) is 16.9. The van der Waals surface area contributed by atoms with E-state index < -0.39 is 0 Å². The Labute approximate surface area is 218 Å². The first-order chi connectivity index (χ1) is 16.8. The van der Waals surface area contributed by atoms with Gasteiger partial charge < -0.3 is 9.88 Å². The largest absolute Gasteiger partial charge is 0.364 e. The number of rotatable bonds is 6. The highest BCUT2D eigenvalue weighted by Gasteiger charge is 2.16. The normalized spacial score (nSPS) is 15.5. The smallest absolute Gasteiger partial charge is 0.150 e. The van der Waals surface area contributed by atoms with Crippen LogP contribution in [0, 0.1) is 13.8 Å². The third kappa shape index (κ3) is 6.53. The number of anilines is 1. The summed E-state index contributed by atoms with van der Waals surface area (Å²) in [4.78, 5) is 7.44. The number of aryl methyl sites for hydroxylation is 2. The third-order valence-electron chi connectivity index (χ3n) is 6.26. The van der Waals surface area contributed by atoms with Gasteiger partial charge >= 0.3 is 0 Å². The van der Waals surface area contributed by atoms with E-state index in [1.165, 1.54) is 48.1 Å². The second-order valence-electron chi connectivity index (χ2n) is 9.07. The molecule has 0 radical (unpaired) electrons. The quantitative estimate of drug-likeness (QED) is 0.212. The van der Waals surface area contributed by atoms with Gasteiger partial charge in [0.2, 0.25) is 0 Å². The van der Waals surface area contributed by atoms with Crippen molar-refractivity contribution < 1.29 is 0 Å². The molecule has 0 amide bonds. The van der Waals surface area contributed by atoms with Gasteiger partial charge in [-0.3, -0.25) is 4.90 Å². The van der Waals surface area contributed by atoms with Gasteiger partial charge in [0.05, 0.1) is 5.69 Å². The molecule has 7 heteroatoms. The summed E-state index contributed by atoms with van der Waals surface area (Å²) in [6.07, 6.45) is 10.4. The SMILES string of the molecule is C/C=C\C(=N/C(C)Nc1ccc2c(c1)c(Br)c(C)n2C)n1cc(CN2CCCC2)c(C)n1.C=CC. The van der Waals surface area contributed by atoms with Crippen LogP contribution in [-0.2, 0) is 13.6 Å². The summed E-state index contributed by atoms with van der Waals surface area (Å²) in [5.41, 5.74) is 5.83. The zero-order valence-corrected chi connectivity index (χ0v) is 23.6. The van der Waals surface area contributed by atoms with Crippen LogP contribution < -0.4 is 5.32 Å². The van der Waals surface area contributed by atoms with Crippen LogP contribution in [0.4, 0.5) is 5.69 Å². The average Bonchev–Trinajstić information content (AvgIpc) is 3.52. The monoisotopic (exact) mass is 538 g/mol. The molecular weight excluding hydrogens is 500 g/mol. The van der Waals surface area contributed by atoms with Crippen LogP contribution in [0.3, 0.4) is 0 Å². The van der Waals surface area contributed by atoms with Gasteiger partial charge in [-0.1, -0.05) is 12.2 Å². The number of aliphatic imine (C=N–C) groups is 1. The van der Waals surface area contributed by atoms with Crippen molar-refractivity contribution in [1.29, 1.82) is 0 Å². The fourth-order valence-electron chi connectivity index (χ4n) is 4.37. The van der Waals surface area contributed by atoms with Gasteiger partial charge in [0, 0.05) is 52.1 Å². The van der Waals surface area contributed by atoms with Crippen molar-refractivity contribution in [2.75, 3.05) is 18.4 Å². The molecule has 1 aromatic carbocycles. The molecule has 1 aliphatic rings. The van der Waals surface area contributed by atoms with Crippen molar-refractivity contribution in [2.45, 2.75) is 60.2 Å². The minimum Gasteiger partial charge on any atom is -0.364 e. The molecule has 6 nitrogen and oxygen atoms in total.